The van der Waals surface area contributed by atoms with E-state index in [1.807, 2.05) is 18.2 Å². The molecule has 1 fully saturated rings. The lowest BCUT2D eigenvalue weighted by atomic mass is 9.73. The molecule has 1 aliphatic rings. The van der Waals surface area contributed by atoms with E-state index in [9.17, 15) is 4.79 Å². The van der Waals surface area contributed by atoms with Gasteiger partial charge in [-0.05, 0) is 42.7 Å². The normalized spacial score (nSPS) is 25.0. The van der Waals surface area contributed by atoms with Crippen molar-refractivity contribution in [2.24, 2.45) is 10.8 Å². The summed E-state index contributed by atoms with van der Waals surface area (Å²) in [5.41, 5.74) is 14.5. The van der Waals surface area contributed by atoms with E-state index in [0.29, 0.717) is 19.0 Å². The molecule has 1 aromatic carbocycles. The molecule has 1 aliphatic carbocycles. The van der Waals surface area contributed by atoms with Crippen LogP contribution in [0.1, 0.15) is 37.2 Å². The van der Waals surface area contributed by atoms with E-state index in [1.165, 1.54) is 5.56 Å². The first kappa shape index (κ1) is 15.4. The molecule has 2 rings (SSSR count). The van der Waals surface area contributed by atoms with Gasteiger partial charge in [-0.2, -0.15) is 0 Å². The molecule has 0 atom stereocenters. The molecule has 1 aromatic rings. The maximum atomic E-state index is 11.8. The van der Waals surface area contributed by atoms with Gasteiger partial charge < -0.3 is 11.1 Å². The number of nitrogens with zero attached hydrogens (tertiary/aromatic N) is 3. The highest BCUT2D eigenvalue weighted by molar-refractivity contribution is 5.84. The topological polar surface area (TPSA) is 104 Å². The number of benzene rings is 1. The molecular weight excluding hydrogens is 266 g/mol. The zero-order valence-electron chi connectivity index (χ0n) is 12.0. The molecule has 0 spiro atoms. The number of nitrogens with one attached hydrogen (secondary N) is 1. The van der Waals surface area contributed by atoms with Crippen LogP contribution in [0.3, 0.4) is 0 Å². The van der Waals surface area contributed by atoms with E-state index in [4.69, 9.17) is 11.3 Å². The highest BCUT2D eigenvalue weighted by Gasteiger charge is 2.39. The highest BCUT2D eigenvalue weighted by Crippen LogP contribution is 2.37. The van der Waals surface area contributed by atoms with Crippen molar-refractivity contribution < 1.29 is 4.79 Å². The molecule has 0 saturated heterocycles. The average molecular weight is 287 g/mol. The molecule has 112 valence electrons. The van der Waals surface area contributed by atoms with Gasteiger partial charge in [-0.3, -0.25) is 4.79 Å². The van der Waals surface area contributed by atoms with Gasteiger partial charge in [0.1, 0.15) is 0 Å². The van der Waals surface area contributed by atoms with Crippen LogP contribution in [0, 0.1) is 0 Å². The molecular formula is C15H21N5O. The summed E-state index contributed by atoms with van der Waals surface area (Å²) in [5, 5.41) is 6.68. The Hall–Kier alpha value is -2.04. The van der Waals surface area contributed by atoms with Gasteiger partial charge in [0.05, 0.1) is 5.54 Å². The van der Waals surface area contributed by atoms with Crippen molar-refractivity contribution in [1.29, 1.82) is 0 Å². The van der Waals surface area contributed by atoms with Crippen LogP contribution in [0.2, 0.25) is 0 Å². The molecule has 0 aromatic heterocycles. The maximum absolute atomic E-state index is 11.8. The van der Waals surface area contributed by atoms with Crippen molar-refractivity contribution in [2.75, 3.05) is 13.1 Å². The van der Waals surface area contributed by atoms with Gasteiger partial charge in [-0.25, -0.2) is 0 Å². The van der Waals surface area contributed by atoms with Gasteiger partial charge in [0.2, 0.25) is 5.91 Å². The Labute approximate surface area is 124 Å². The Balaban J connectivity index is 1.97. The van der Waals surface area contributed by atoms with Crippen molar-refractivity contribution in [3.63, 3.8) is 0 Å². The standard InChI is InChI=1S/C15H21N5O/c16-14(21)15(18-10-11-19-20-17)8-6-13(7-9-15)12-4-2-1-3-5-12/h1-5,13,18H,6-11H2,(H2,16,21). The number of rotatable bonds is 6. The second-order valence-corrected chi connectivity index (χ2v) is 5.51. The minimum atomic E-state index is -0.656. The van der Waals surface area contributed by atoms with Crippen LogP contribution in [0.5, 0.6) is 0 Å². The summed E-state index contributed by atoms with van der Waals surface area (Å²) in [7, 11) is 0. The van der Waals surface area contributed by atoms with Crippen molar-refractivity contribution >= 4 is 5.91 Å². The first-order valence-electron chi connectivity index (χ1n) is 7.29. The SMILES string of the molecule is [N-]=[N+]=NCCNC1(C(N)=O)CCC(c2ccccc2)CC1. The number of azide groups is 1. The molecule has 0 radical (unpaired) electrons. The molecule has 1 saturated carbocycles. The zero-order valence-corrected chi connectivity index (χ0v) is 12.0. The predicted molar refractivity (Wildman–Crippen MR) is 81.6 cm³/mol. The Morgan fingerprint density at radius 1 is 1.38 bits per heavy atom. The first-order valence-corrected chi connectivity index (χ1v) is 7.29. The summed E-state index contributed by atoms with van der Waals surface area (Å²) in [6.45, 7) is 0.802. The van der Waals surface area contributed by atoms with Gasteiger partial charge in [0.15, 0.2) is 0 Å². The Kier molecular flexibility index (Phi) is 5.20. The third kappa shape index (κ3) is 3.74. The van der Waals surface area contributed by atoms with Gasteiger partial charge in [-0.15, -0.1) is 0 Å². The number of carbonyl (C=O) groups is 1. The second-order valence-electron chi connectivity index (χ2n) is 5.51. The quantitative estimate of drug-likeness (QED) is 0.363. The summed E-state index contributed by atoms with van der Waals surface area (Å²) in [6.07, 6.45) is 3.30. The Morgan fingerprint density at radius 2 is 2.05 bits per heavy atom. The third-order valence-corrected chi connectivity index (χ3v) is 4.32. The van der Waals surface area contributed by atoms with Crippen LogP contribution in [0.4, 0.5) is 0 Å². The second kappa shape index (κ2) is 7.11. The van der Waals surface area contributed by atoms with Crippen LogP contribution in [-0.4, -0.2) is 24.5 Å². The fraction of sp³-hybridized carbons (Fsp3) is 0.533. The lowest BCUT2D eigenvalue weighted by Gasteiger charge is -2.38. The minimum absolute atomic E-state index is 0.310. The van der Waals surface area contributed by atoms with Crippen LogP contribution in [0.25, 0.3) is 10.4 Å². The molecule has 1 amide bonds. The van der Waals surface area contributed by atoms with Crippen LogP contribution in [0.15, 0.2) is 35.4 Å². The lowest BCUT2D eigenvalue weighted by Crippen LogP contribution is -2.57. The molecule has 0 heterocycles. The summed E-state index contributed by atoms with van der Waals surface area (Å²) in [6, 6.07) is 10.4. The van der Waals surface area contributed by atoms with E-state index in [1.54, 1.807) is 0 Å². The van der Waals surface area contributed by atoms with Gasteiger partial charge in [0, 0.05) is 18.0 Å². The van der Waals surface area contributed by atoms with E-state index in [2.05, 4.69) is 27.5 Å². The van der Waals surface area contributed by atoms with Gasteiger partial charge in [-0.1, -0.05) is 35.4 Å². The zero-order chi connectivity index (χ0) is 15.1. The van der Waals surface area contributed by atoms with Gasteiger partial charge in [0.25, 0.3) is 0 Å². The number of carbonyl (C=O) groups excluding carboxylic acids is 1. The number of primary amides is 1. The van der Waals surface area contributed by atoms with Gasteiger partial charge >= 0.3 is 0 Å². The summed E-state index contributed by atoms with van der Waals surface area (Å²) < 4.78 is 0. The van der Waals surface area contributed by atoms with E-state index < -0.39 is 5.54 Å². The van der Waals surface area contributed by atoms with Crippen molar-refractivity contribution in [1.82, 2.24) is 5.32 Å². The van der Waals surface area contributed by atoms with E-state index in [0.717, 1.165) is 25.7 Å². The number of amides is 1. The average Bonchev–Trinajstić information content (AvgIpc) is 2.53. The van der Waals surface area contributed by atoms with Crippen LogP contribution >= 0.6 is 0 Å². The molecule has 0 unspecified atom stereocenters. The molecule has 3 N–H and O–H groups in total. The molecule has 0 aliphatic heterocycles. The minimum Gasteiger partial charge on any atom is -0.368 e. The number of hydrogen-bond donors (Lipinski definition) is 2. The first-order chi connectivity index (χ1) is 10.2. The maximum Gasteiger partial charge on any atom is 0.237 e. The predicted octanol–water partition coefficient (Wildman–Crippen LogP) is 2.47. The highest BCUT2D eigenvalue weighted by atomic mass is 16.1. The monoisotopic (exact) mass is 287 g/mol. The van der Waals surface area contributed by atoms with Crippen molar-refractivity contribution in [3.05, 3.63) is 46.3 Å². The third-order valence-electron chi connectivity index (χ3n) is 4.32. The molecule has 0 bridgehead atoms. The lowest BCUT2D eigenvalue weighted by molar-refractivity contribution is -0.125. The Morgan fingerprint density at radius 3 is 2.62 bits per heavy atom. The van der Waals surface area contributed by atoms with Crippen LogP contribution < -0.4 is 11.1 Å². The summed E-state index contributed by atoms with van der Waals surface area (Å²) in [4.78, 5) is 14.5. The number of hydrogen-bond acceptors (Lipinski definition) is 3. The fourth-order valence-corrected chi connectivity index (χ4v) is 3.07. The smallest absolute Gasteiger partial charge is 0.237 e. The fourth-order valence-electron chi connectivity index (χ4n) is 3.07. The Bertz CT molecular complexity index is 516. The van der Waals surface area contributed by atoms with Crippen molar-refractivity contribution in [2.45, 2.75) is 37.1 Å². The van der Waals surface area contributed by atoms with E-state index in [-0.39, 0.29) is 5.91 Å². The molecule has 6 nitrogen and oxygen atoms in total. The van der Waals surface area contributed by atoms with E-state index >= 15 is 0 Å². The summed E-state index contributed by atoms with van der Waals surface area (Å²) in [5.74, 6) is 0.174. The molecule has 21 heavy (non-hydrogen) atoms. The summed E-state index contributed by atoms with van der Waals surface area (Å²) >= 11 is 0. The van der Waals surface area contributed by atoms with Crippen LogP contribution in [-0.2, 0) is 4.79 Å². The largest absolute Gasteiger partial charge is 0.368 e. The van der Waals surface area contributed by atoms with Crippen molar-refractivity contribution in [3.8, 4) is 0 Å². The number of nitrogens with two attached hydrogens (primary N) is 1. The molecule has 6 heteroatoms.